The molecule has 3 rings (SSSR count). The van der Waals surface area contributed by atoms with Gasteiger partial charge in [0, 0.05) is 18.9 Å². The number of phenols is 1. The molecule has 0 unspecified atom stereocenters. The van der Waals surface area contributed by atoms with Crippen LogP contribution in [0.2, 0.25) is 5.02 Å². The Labute approximate surface area is 168 Å². The number of methoxy groups -OCH3 is 1. The summed E-state index contributed by atoms with van der Waals surface area (Å²) in [6.07, 6.45) is 0. The molecule has 0 aliphatic carbocycles. The number of carbonyl (C=O) groups is 1. The van der Waals surface area contributed by atoms with E-state index >= 15 is 0 Å². The van der Waals surface area contributed by atoms with Crippen molar-refractivity contribution in [1.82, 2.24) is 0 Å². The average molecular weight is 398 g/mol. The number of carbonyl (C=O) groups excluding carboxylic acids is 1. The third-order valence-electron chi connectivity index (χ3n) is 4.06. The van der Waals surface area contributed by atoms with E-state index in [1.54, 1.807) is 43.5 Å². The van der Waals surface area contributed by atoms with Crippen molar-refractivity contribution in [2.45, 2.75) is 0 Å². The highest BCUT2D eigenvalue weighted by atomic mass is 35.5. The summed E-state index contributed by atoms with van der Waals surface area (Å²) >= 11 is 6.15. The van der Waals surface area contributed by atoms with E-state index in [0.29, 0.717) is 24.7 Å². The van der Waals surface area contributed by atoms with Gasteiger partial charge in [-0.3, -0.25) is 4.79 Å². The number of ether oxygens (including phenoxy) is 2. The minimum atomic E-state index is -0.466. The standard InChI is InChI=1S/C22H20ClNO4/c1-27-10-11-28-18-9-5-8-17(14-18)24-22(26)19-12-16(13-20(23)21(19)25)15-6-3-2-4-7-15/h2-9,12-14,25H,10-11H2,1H3,(H,24,26). The normalized spacial score (nSPS) is 10.5. The SMILES string of the molecule is COCCOc1cccc(NC(=O)c2cc(-c3ccccc3)cc(Cl)c2O)c1. The molecule has 0 spiro atoms. The molecule has 0 saturated heterocycles. The molecule has 6 heteroatoms. The lowest BCUT2D eigenvalue weighted by atomic mass is 10.0. The highest BCUT2D eigenvalue weighted by Gasteiger charge is 2.17. The summed E-state index contributed by atoms with van der Waals surface area (Å²) < 4.78 is 10.5. The fourth-order valence-electron chi connectivity index (χ4n) is 2.67. The molecular formula is C22H20ClNO4. The molecule has 0 radical (unpaired) electrons. The number of halogens is 1. The monoisotopic (exact) mass is 397 g/mol. The summed E-state index contributed by atoms with van der Waals surface area (Å²) in [5.41, 5.74) is 2.27. The molecule has 0 fully saturated rings. The molecule has 1 amide bonds. The zero-order chi connectivity index (χ0) is 19.9. The van der Waals surface area contributed by atoms with Gasteiger partial charge in [0.2, 0.25) is 0 Å². The first-order chi connectivity index (χ1) is 13.6. The number of phenolic OH excluding ortho intramolecular Hbond substituents is 1. The number of aromatic hydroxyl groups is 1. The fourth-order valence-corrected chi connectivity index (χ4v) is 2.89. The van der Waals surface area contributed by atoms with Gasteiger partial charge in [0.05, 0.1) is 17.2 Å². The van der Waals surface area contributed by atoms with Gasteiger partial charge in [-0.1, -0.05) is 48.0 Å². The number of hydrogen-bond donors (Lipinski definition) is 2. The van der Waals surface area contributed by atoms with Gasteiger partial charge in [0.15, 0.2) is 0 Å². The molecule has 0 saturated carbocycles. The van der Waals surface area contributed by atoms with Crippen molar-refractivity contribution in [3.8, 4) is 22.6 Å². The minimum Gasteiger partial charge on any atom is -0.506 e. The highest BCUT2D eigenvalue weighted by molar-refractivity contribution is 6.33. The first-order valence-electron chi connectivity index (χ1n) is 8.69. The lowest BCUT2D eigenvalue weighted by Gasteiger charge is -2.12. The molecular weight excluding hydrogens is 378 g/mol. The number of anilines is 1. The van der Waals surface area contributed by atoms with Gasteiger partial charge in [-0.2, -0.15) is 0 Å². The van der Waals surface area contributed by atoms with Gasteiger partial charge in [0.1, 0.15) is 18.1 Å². The Morgan fingerprint density at radius 2 is 1.79 bits per heavy atom. The van der Waals surface area contributed by atoms with Gasteiger partial charge in [0.25, 0.3) is 5.91 Å². The van der Waals surface area contributed by atoms with Gasteiger partial charge in [-0.25, -0.2) is 0 Å². The predicted molar refractivity (Wildman–Crippen MR) is 110 cm³/mol. The molecule has 3 aromatic rings. The lowest BCUT2D eigenvalue weighted by Crippen LogP contribution is -2.12. The average Bonchev–Trinajstić information content (AvgIpc) is 2.71. The van der Waals surface area contributed by atoms with Crippen LogP contribution >= 0.6 is 11.6 Å². The van der Waals surface area contributed by atoms with Crippen LogP contribution in [-0.4, -0.2) is 31.3 Å². The fraction of sp³-hybridized carbons (Fsp3) is 0.136. The van der Waals surface area contributed by atoms with Crippen LogP contribution in [0.25, 0.3) is 11.1 Å². The molecule has 0 bridgehead atoms. The van der Waals surface area contributed by atoms with E-state index in [9.17, 15) is 9.90 Å². The molecule has 0 atom stereocenters. The number of hydrogen-bond acceptors (Lipinski definition) is 4. The van der Waals surface area contributed by atoms with Crippen molar-refractivity contribution in [3.05, 3.63) is 77.3 Å². The summed E-state index contributed by atoms with van der Waals surface area (Å²) in [6.45, 7) is 0.874. The van der Waals surface area contributed by atoms with Crippen LogP contribution in [0, 0.1) is 0 Å². The molecule has 2 N–H and O–H groups in total. The quantitative estimate of drug-likeness (QED) is 0.551. The third-order valence-corrected chi connectivity index (χ3v) is 4.35. The molecule has 0 aliphatic rings. The molecule has 144 valence electrons. The number of rotatable bonds is 7. The molecule has 0 aliphatic heterocycles. The van der Waals surface area contributed by atoms with Crippen LogP contribution in [0.4, 0.5) is 5.69 Å². The number of benzene rings is 3. The largest absolute Gasteiger partial charge is 0.506 e. The maximum atomic E-state index is 12.8. The summed E-state index contributed by atoms with van der Waals surface area (Å²) in [5, 5.41) is 13.2. The summed E-state index contributed by atoms with van der Waals surface area (Å²) in [5.74, 6) is -0.118. The van der Waals surface area contributed by atoms with Gasteiger partial charge in [-0.15, -0.1) is 0 Å². The number of nitrogens with one attached hydrogen (secondary N) is 1. The van der Waals surface area contributed by atoms with Crippen LogP contribution in [-0.2, 0) is 4.74 Å². The van der Waals surface area contributed by atoms with E-state index in [-0.39, 0.29) is 16.3 Å². The second kappa shape index (κ2) is 9.26. The maximum Gasteiger partial charge on any atom is 0.259 e. The van der Waals surface area contributed by atoms with E-state index in [1.807, 2.05) is 30.3 Å². The Bertz CT molecular complexity index is 960. The maximum absolute atomic E-state index is 12.8. The zero-order valence-corrected chi connectivity index (χ0v) is 16.1. The molecule has 3 aromatic carbocycles. The van der Waals surface area contributed by atoms with Crippen molar-refractivity contribution >= 4 is 23.2 Å². The van der Waals surface area contributed by atoms with Crippen molar-refractivity contribution in [2.75, 3.05) is 25.6 Å². The second-order valence-corrected chi connectivity index (χ2v) is 6.45. The van der Waals surface area contributed by atoms with E-state index in [4.69, 9.17) is 21.1 Å². The smallest absolute Gasteiger partial charge is 0.259 e. The first kappa shape index (κ1) is 19.7. The van der Waals surface area contributed by atoms with Crippen LogP contribution < -0.4 is 10.1 Å². The Balaban J connectivity index is 1.83. The Morgan fingerprint density at radius 3 is 2.54 bits per heavy atom. The van der Waals surface area contributed by atoms with Crippen molar-refractivity contribution in [2.24, 2.45) is 0 Å². The van der Waals surface area contributed by atoms with Crippen LogP contribution in [0.3, 0.4) is 0 Å². The van der Waals surface area contributed by atoms with E-state index in [1.165, 1.54) is 0 Å². The van der Waals surface area contributed by atoms with Gasteiger partial charge < -0.3 is 19.9 Å². The topological polar surface area (TPSA) is 67.8 Å². The zero-order valence-electron chi connectivity index (χ0n) is 15.3. The van der Waals surface area contributed by atoms with Gasteiger partial charge >= 0.3 is 0 Å². The van der Waals surface area contributed by atoms with Crippen molar-refractivity contribution in [1.29, 1.82) is 0 Å². The summed E-state index contributed by atoms with van der Waals surface area (Å²) in [4.78, 5) is 12.8. The Morgan fingerprint density at radius 1 is 1.00 bits per heavy atom. The van der Waals surface area contributed by atoms with Gasteiger partial charge in [-0.05, 0) is 35.4 Å². The third kappa shape index (κ3) is 4.82. The molecule has 28 heavy (non-hydrogen) atoms. The van der Waals surface area contributed by atoms with Crippen molar-refractivity contribution in [3.63, 3.8) is 0 Å². The molecule has 5 nitrogen and oxygen atoms in total. The minimum absolute atomic E-state index is 0.0945. The first-order valence-corrected chi connectivity index (χ1v) is 9.07. The van der Waals surface area contributed by atoms with E-state index < -0.39 is 5.91 Å². The van der Waals surface area contributed by atoms with E-state index in [2.05, 4.69) is 5.32 Å². The molecule has 0 heterocycles. The van der Waals surface area contributed by atoms with Crippen LogP contribution in [0.15, 0.2) is 66.7 Å². The predicted octanol–water partition coefficient (Wildman–Crippen LogP) is 4.99. The highest BCUT2D eigenvalue weighted by Crippen LogP contribution is 2.34. The molecule has 0 aromatic heterocycles. The van der Waals surface area contributed by atoms with Crippen LogP contribution in [0.5, 0.6) is 11.5 Å². The van der Waals surface area contributed by atoms with Crippen molar-refractivity contribution < 1.29 is 19.4 Å². The Hall–Kier alpha value is -3.02. The second-order valence-electron chi connectivity index (χ2n) is 6.04. The van der Waals surface area contributed by atoms with Crippen LogP contribution in [0.1, 0.15) is 10.4 Å². The number of amides is 1. The van der Waals surface area contributed by atoms with E-state index in [0.717, 1.165) is 11.1 Å². The lowest BCUT2D eigenvalue weighted by molar-refractivity contribution is 0.102. The summed E-state index contributed by atoms with van der Waals surface area (Å²) in [6, 6.07) is 19.7. The Kier molecular flexibility index (Phi) is 6.53. The summed E-state index contributed by atoms with van der Waals surface area (Å²) in [7, 11) is 1.60.